The second kappa shape index (κ2) is 7.09. The largest absolute Gasteiger partial charge is 0.384 e. The fraction of sp³-hybridized carbons (Fsp3) is 0.500. The molecule has 0 aliphatic rings. The molecule has 19 heavy (non-hydrogen) atoms. The number of anilines is 1. The van der Waals surface area contributed by atoms with E-state index in [1.54, 1.807) is 6.07 Å². The van der Waals surface area contributed by atoms with Crippen LogP contribution in [-0.2, 0) is 0 Å². The fourth-order valence-corrected chi connectivity index (χ4v) is 2.07. The van der Waals surface area contributed by atoms with Crippen molar-refractivity contribution in [2.45, 2.75) is 13.3 Å². The molecule has 0 bridgehead atoms. The van der Waals surface area contributed by atoms with Gasteiger partial charge in [0, 0.05) is 13.1 Å². The molecule has 5 heteroatoms. The minimum Gasteiger partial charge on any atom is -0.384 e. The number of rotatable bonds is 7. The number of nitrogens with one attached hydrogen (secondary N) is 1. The van der Waals surface area contributed by atoms with Crippen LogP contribution in [0.25, 0.3) is 0 Å². The van der Waals surface area contributed by atoms with Crippen LogP contribution in [0.15, 0.2) is 18.2 Å². The topological polar surface area (TPSA) is 56.4 Å². The Morgan fingerprint density at radius 2 is 2.00 bits per heavy atom. The monoisotopic (exact) mass is 266 g/mol. The molecule has 0 aliphatic carbocycles. The maximum Gasteiger partial charge on any atom is 0.136 e. The van der Waals surface area contributed by atoms with Crippen molar-refractivity contribution in [1.29, 1.82) is 5.41 Å². The van der Waals surface area contributed by atoms with Gasteiger partial charge in [0.1, 0.15) is 11.7 Å². The predicted octanol–water partition coefficient (Wildman–Crippen LogP) is 1.89. The lowest BCUT2D eigenvalue weighted by atomic mass is 10.1. The third-order valence-corrected chi connectivity index (χ3v) is 3.02. The molecular formula is C14H23FN4. The molecule has 0 heterocycles. The summed E-state index contributed by atoms with van der Waals surface area (Å²) in [5.41, 5.74) is 6.40. The standard InChI is InChI=1S/C14H23FN4/c1-4-19(10-6-9-18(2)3)12-8-5-7-11(15)13(12)14(16)17/h5,7-8H,4,6,9-10H2,1-3H3,(H3,16,17). The van der Waals surface area contributed by atoms with E-state index in [9.17, 15) is 4.39 Å². The number of nitrogens with two attached hydrogens (primary N) is 1. The highest BCUT2D eigenvalue weighted by Crippen LogP contribution is 2.23. The van der Waals surface area contributed by atoms with Crippen LogP contribution >= 0.6 is 0 Å². The average molecular weight is 266 g/mol. The first kappa shape index (κ1) is 15.4. The molecule has 3 N–H and O–H groups in total. The lowest BCUT2D eigenvalue weighted by molar-refractivity contribution is 0.400. The van der Waals surface area contributed by atoms with Crippen LogP contribution in [0.3, 0.4) is 0 Å². The van der Waals surface area contributed by atoms with Crippen LogP contribution in [0.1, 0.15) is 18.9 Å². The van der Waals surface area contributed by atoms with E-state index in [1.807, 2.05) is 27.1 Å². The molecule has 1 aromatic rings. The zero-order valence-electron chi connectivity index (χ0n) is 11.9. The number of nitrogens with zero attached hydrogens (tertiary/aromatic N) is 2. The van der Waals surface area contributed by atoms with E-state index in [2.05, 4.69) is 9.80 Å². The molecule has 0 saturated heterocycles. The van der Waals surface area contributed by atoms with Crippen LogP contribution in [0.5, 0.6) is 0 Å². The first-order valence-corrected chi connectivity index (χ1v) is 6.50. The summed E-state index contributed by atoms with van der Waals surface area (Å²) in [6, 6.07) is 4.82. The van der Waals surface area contributed by atoms with Crippen molar-refractivity contribution in [1.82, 2.24) is 4.90 Å². The number of hydrogen-bond acceptors (Lipinski definition) is 3. The quantitative estimate of drug-likeness (QED) is 0.585. The van der Waals surface area contributed by atoms with Crippen molar-refractivity contribution in [2.75, 3.05) is 38.6 Å². The van der Waals surface area contributed by atoms with Gasteiger partial charge in [-0.2, -0.15) is 0 Å². The minimum atomic E-state index is -0.434. The van der Waals surface area contributed by atoms with Crippen LogP contribution < -0.4 is 10.6 Å². The summed E-state index contributed by atoms with van der Waals surface area (Å²) in [5.74, 6) is -0.657. The molecule has 0 radical (unpaired) electrons. The zero-order valence-corrected chi connectivity index (χ0v) is 11.9. The zero-order chi connectivity index (χ0) is 14.4. The maximum absolute atomic E-state index is 13.8. The Balaban J connectivity index is 2.92. The summed E-state index contributed by atoms with van der Waals surface area (Å²) in [5, 5.41) is 7.53. The van der Waals surface area contributed by atoms with Crippen molar-refractivity contribution in [3.63, 3.8) is 0 Å². The van der Waals surface area contributed by atoms with Gasteiger partial charge in [0.2, 0.25) is 0 Å². The predicted molar refractivity (Wildman–Crippen MR) is 78.5 cm³/mol. The number of amidine groups is 1. The van der Waals surface area contributed by atoms with E-state index in [-0.39, 0.29) is 11.4 Å². The van der Waals surface area contributed by atoms with Crippen molar-refractivity contribution in [2.24, 2.45) is 5.73 Å². The summed E-state index contributed by atoms with van der Waals surface area (Å²) in [6.07, 6.45) is 0.981. The molecular weight excluding hydrogens is 243 g/mol. The van der Waals surface area contributed by atoms with E-state index < -0.39 is 5.82 Å². The van der Waals surface area contributed by atoms with E-state index >= 15 is 0 Å². The van der Waals surface area contributed by atoms with E-state index in [1.165, 1.54) is 6.07 Å². The molecule has 0 aromatic heterocycles. The Kier molecular flexibility index (Phi) is 5.76. The van der Waals surface area contributed by atoms with Gasteiger partial charge in [0.25, 0.3) is 0 Å². The van der Waals surface area contributed by atoms with E-state index in [4.69, 9.17) is 11.1 Å². The molecule has 0 amide bonds. The fourth-order valence-electron chi connectivity index (χ4n) is 2.07. The average Bonchev–Trinajstić information content (AvgIpc) is 2.33. The molecule has 1 aromatic carbocycles. The van der Waals surface area contributed by atoms with Crippen molar-refractivity contribution in [3.05, 3.63) is 29.6 Å². The molecule has 0 atom stereocenters. The maximum atomic E-state index is 13.8. The highest BCUT2D eigenvalue weighted by atomic mass is 19.1. The third kappa shape index (κ3) is 4.21. The molecule has 0 fully saturated rings. The van der Waals surface area contributed by atoms with Gasteiger partial charge in [-0.3, -0.25) is 5.41 Å². The summed E-state index contributed by atoms with van der Waals surface area (Å²) >= 11 is 0. The highest BCUT2D eigenvalue weighted by molar-refractivity contribution is 6.00. The first-order valence-electron chi connectivity index (χ1n) is 6.50. The van der Waals surface area contributed by atoms with Gasteiger partial charge in [-0.15, -0.1) is 0 Å². The Bertz CT molecular complexity index is 431. The van der Waals surface area contributed by atoms with Gasteiger partial charge in [-0.05, 0) is 46.1 Å². The van der Waals surface area contributed by atoms with Crippen molar-refractivity contribution < 1.29 is 4.39 Å². The molecule has 106 valence electrons. The van der Waals surface area contributed by atoms with Gasteiger partial charge < -0.3 is 15.5 Å². The highest BCUT2D eigenvalue weighted by Gasteiger charge is 2.15. The second-order valence-electron chi connectivity index (χ2n) is 4.78. The number of benzene rings is 1. The molecule has 0 unspecified atom stereocenters. The first-order chi connectivity index (χ1) is 8.97. The Hall–Kier alpha value is -1.62. The smallest absolute Gasteiger partial charge is 0.136 e. The summed E-state index contributed by atoms with van der Waals surface area (Å²) < 4.78 is 13.8. The van der Waals surface area contributed by atoms with Crippen molar-refractivity contribution in [3.8, 4) is 0 Å². The van der Waals surface area contributed by atoms with Gasteiger partial charge in [-0.25, -0.2) is 4.39 Å². The van der Waals surface area contributed by atoms with Crippen LogP contribution in [0.4, 0.5) is 10.1 Å². The number of nitrogen functional groups attached to an aromatic ring is 1. The van der Waals surface area contributed by atoms with Crippen molar-refractivity contribution >= 4 is 11.5 Å². The summed E-state index contributed by atoms with van der Waals surface area (Å²) in [7, 11) is 4.05. The minimum absolute atomic E-state index is 0.203. The molecule has 1 rings (SSSR count). The van der Waals surface area contributed by atoms with E-state index in [0.717, 1.165) is 26.1 Å². The van der Waals surface area contributed by atoms with Crippen LogP contribution in [0, 0.1) is 11.2 Å². The number of hydrogen-bond donors (Lipinski definition) is 2. The van der Waals surface area contributed by atoms with Gasteiger partial charge in [0.05, 0.1) is 11.3 Å². The van der Waals surface area contributed by atoms with Gasteiger partial charge in [0.15, 0.2) is 0 Å². The van der Waals surface area contributed by atoms with Crippen LogP contribution in [0.2, 0.25) is 0 Å². The SMILES string of the molecule is CCN(CCCN(C)C)c1cccc(F)c1C(=N)N. The van der Waals surface area contributed by atoms with Gasteiger partial charge >= 0.3 is 0 Å². The third-order valence-electron chi connectivity index (χ3n) is 3.02. The van der Waals surface area contributed by atoms with Crippen LogP contribution in [-0.4, -0.2) is 44.5 Å². The Morgan fingerprint density at radius 3 is 2.53 bits per heavy atom. The molecule has 0 spiro atoms. The van der Waals surface area contributed by atoms with E-state index in [0.29, 0.717) is 5.69 Å². The van der Waals surface area contributed by atoms with Gasteiger partial charge in [-0.1, -0.05) is 6.07 Å². The lowest BCUT2D eigenvalue weighted by Crippen LogP contribution is -2.29. The molecule has 0 aliphatic heterocycles. The Morgan fingerprint density at radius 1 is 1.32 bits per heavy atom. The molecule has 0 saturated carbocycles. The number of halogens is 1. The Labute approximate surface area is 114 Å². The molecule has 4 nitrogen and oxygen atoms in total. The second-order valence-corrected chi connectivity index (χ2v) is 4.78. The normalized spacial score (nSPS) is 10.8. The summed E-state index contributed by atoms with van der Waals surface area (Å²) in [6.45, 7) is 4.57. The summed E-state index contributed by atoms with van der Waals surface area (Å²) in [4.78, 5) is 4.18. The lowest BCUT2D eigenvalue weighted by Gasteiger charge is -2.26.